The summed E-state index contributed by atoms with van der Waals surface area (Å²) in [5, 5.41) is 0. The Balaban J connectivity index is 0.000000771. The smallest absolute Gasteiger partial charge is 0.249 e. The number of rotatable bonds is 2. The van der Waals surface area contributed by atoms with E-state index in [1.54, 1.807) is 12.1 Å². The molecular weight excluding hydrogens is 226 g/mol. The number of fused-ring (bicyclic) bond motifs is 1. The first-order valence-corrected chi connectivity index (χ1v) is 5.97. The maximum Gasteiger partial charge on any atom is 0.249 e. The number of allylic oxidation sites excluding steroid dienone is 3. The van der Waals surface area contributed by atoms with Gasteiger partial charge in [-0.3, -0.25) is 9.59 Å². The van der Waals surface area contributed by atoms with Gasteiger partial charge >= 0.3 is 0 Å². The van der Waals surface area contributed by atoms with Gasteiger partial charge in [-0.2, -0.15) is 0 Å². The van der Waals surface area contributed by atoms with E-state index >= 15 is 0 Å². The third kappa shape index (κ3) is 2.94. The Hall–Kier alpha value is -2.16. The molecule has 0 unspecified atom stereocenters. The second kappa shape index (κ2) is 6.55. The van der Waals surface area contributed by atoms with Crippen molar-refractivity contribution in [1.82, 2.24) is 0 Å². The molecule has 0 aromatic heterocycles. The van der Waals surface area contributed by atoms with Crippen LogP contribution in [-0.4, -0.2) is 12.2 Å². The van der Waals surface area contributed by atoms with Crippen molar-refractivity contribution < 1.29 is 9.59 Å². The molecule has 0 fully saturated rings. The highest BCUT2D eigenvalue weighted by atomic mass is 16.1. The van der Waals surface area contributed by atoms with E-state index in [2.05, 4.69) is 0 Å². The van der Waals surface area contributed by atoms with E-state index in [1.807, 2.05) is 38.2 Å². The number of aldehydes is 1. The third-order valence-electron chi connectivity index (χ3n) is 2.56. The van der Waals surface area contributed by atoms with Crippen molar-refractivity contribution in [2.75, 3.05) is 0 Å². The Morgan fingerprint density at radius 2 is 2.00 bits per heavy atom. The minimum atomic E-state index is -0.574. The molecule has 3 heteroatoms. The van der Waals surface area contributed by atoms with Crippen molar-refractivity contribution in [3.05, 3.63) is 52.6 Å². The van der Waals surface area contributed by atoms with Gasteiger partial charge in [0.25, 0.3) is 0 Å². The van der Waals surface area contributed by atoms with E-state index in [0.717, 1.165) is 17.5 Å². The van der Waals surface area contributed by atoms with Crippen LogP contribution in [0.5, 0.6) is 0 Å². The van der Waals surface area contributed by atoms with Crippen LogP contribution in [0.25, 0.3) is 6.08 Å². The lowest BCUT2D eigenvalue weighted by Gasteiger charge is -2.07. The van der Waals surface area contributed by atoms with E-state index in [1.165, 1.54) is 0 Å². The first-order chi connectivity index (χ1) is 8.72. The van der Waals surface area contributed by atoms with Gasteiger partial charge in [0, 0.05) is 5.56 Å². The molecule has 0 saturated heterocycles. The maximum atomic E-state index is 11.2. The van der Waals surface area contributed by atoms with E-state index in [9.17, 15) is 9.59 Å². The standard InChI is InChI=1S/C13H11NO2.C2H6/c14-13(16)12-7-10-5-3-1-2-4-9(10)6-11(12)8-15;1-2/h1-3,5-8H,4H2,(H2,14,16);1-2H3. The predicted molar refractivity (Wildman–Crippen MR) is 73.6 cm³/mol. The highest BCUT2D eigenvalue weighted by Crippen LogP contribution is 2.20. The van der Waals surface area contributed by atoms with Crippen LogP contribution in [0.4, 0.5) is 0 Å². The molecule has 0 aliphatic heterocycles. The Morgan fingerprint density at radius 3 is 2.61 bits per heavy atom. The lowest BCUT2D eigenvalue weighted by atomic mass is 9.97. The van der Waals surface area contributed by atoms with Crippen LogP contribution < -0.4 is 5.73 Å². The summed E-state index contributed by atoms with van der Waals surface area (Å²) in [5.41, 5.74) is 7.82. The normalized spacial score (nSPS) is 11.9. The van der Waals surface area contributed by atoms with E-state index < -0.39 is 5.91 Å². The predicted octanol–water partition coefficient (Wildman–Crippen LogP) is 2.75. The number of benzene rings is 1. The molecule has 2 rings (SSSR count). The highest BCUT2D eigenvalue weighted by molar-refractivity contribution is 6.01. The van der Waals surface area contributed by atoms with Crippen LogP contribution in [0, 0.1) is 0 Å². The fourth-order valence-corrected chi connectivity index (χ4v) is 1.76. The highest BCUT2D eigenvalue weighted by Gasteiger charge is 2.11. The van der Waals surface area contributed by atoms with Crippen molar-refractivity contribution in [2.24, 2.45) is 5.73 Å². The zero-order chi connectivity index (χ0) is 13.5. The van der Waals surface area contributed by atoms with Crippen LogP contribution in [0.3, 0.4) is 0 Å². The van der Waals surface area contributed by atoms with Crippen molar-refractivity contribution in [2.45, 2.75) is 20.3 Å². The summed E-state index contributed by atoms with van der Waals surface area (Å²) in [6, 6.07) is 3.40. The van der Waals surface area contributed by atoms with Gasteiger partial charge in [0.05, 0.1) is 5.56 Å². The van der Waals surface area contributed by atoms with E-state index in [4.69, 9.17) is 5.73 Å². The molecule has 1 aromatic rings. The summed E-state index contributed by atoms with van der Waals surface area (Å²) >= 11 is 0. The SMILES string of the molecule is CC.NC(=O)c1cc2c(cc1C=O)CC=CC=C2. The lowest BCUT2D eigenvalue weighted by molar-refractivity contribution is 0.0993. The Bertz CT molecular complexity index is 513. The minimum Gasteiger partial charge on any atom is -0.366 e. The quantitative estimate of drug-likeness (QED) is 0.812. The van der Waals surface area contributed by atoms with Crippen molar-refractivity contribution in [3.8, 4) is 0 Å². The molecule has 0 saturated carbocycles. The molecule has 94 valence electrons. The number of hydrogen-bond donors (Lipinski definition) is 1. The van der Waals surface area contributed by atoms with Crippen molar-refractivity contribution in [1.29, 1.82) is 0 Å². The first-order valence-electron chi connectivity index (χ1n) is 5.97. The fourth-order valence-electron chi connectivity index (χ4n) is 1.76. The van der Waals surface area contributed by atoms with Crippen LogP contribution >= 0.6 is 0 Å². The van der Waals surface area contributed by atoms with Gasteiger partial charge in [-0.25, -0.2) is 0 Å². The molecule has 0 bridgehead atoms. The van der Waals surface area contributed by atoms with Gasteiger partial charge in [0.2, 0.25) is 5.91 Å². The van der Waals surface area contributed by atoms with Gasteiger partial charge in [-0.1, -0.05) is 38.2 Å². The summed E-state index contributed by atoms with van der Waals surface area (Å²) in [6.45, 7) is 4.00. The molecule has 0 spiro atoms. The minimum absolute atomic E-state index is 0.278. The second-order valence-corrected chi connectivity index (χ2v) is 3.61. The molecule has 0 atom stereocenters. The fraction of sp³-hybridized carbons (Fsp3) is 0.200. The molecule has 1 aromatic carbocycles. The summed E-state index contributed by atoms with van der Waals surface area (Å²) in [6.07, 6.45) is 9.16. The Morgan fingerprint density at radius 1 is 1.28 bits per heavy atom. The van der Waals surface area contributed by atoms with Crippen LogP contribution in [0.1, 0.15) is 45.7 Å². The maximum absolute atomic E-state index is 11.2. The zero-order valence-electron chi connectivity index (χ0n) is 10.6. The van der Waals surface area contributed by atoms with Gasteiger partial charge in [-0.15, -0.1) is 0 Å². The second-order valence-electron chi connectivity index (χ2n) is 3.61. The number of hydrogen-bond acceptors (Lipinski definition) is 2. The molecule has 18 heavy (non-hydrogen) atoms. The Labute approximate surface area is 107 Å². The molecule has 0 radical (unpaired) electrons. The van der Waals surface area contributed by atoms with E-state index in [0.29, 0.717) is 11.8 Å². The monoisotopic (exact) mass is 243 g/mol. The van der Waals surface area contributed by atoms with Gasteiger partial charge in [-0.05, 0) is 29.7 Å². The van der Waals surface area contributed by atoms with Crippen LogP contribution in [0.2, 0.25) is 0 Å². The molecule has 1 aliphatic rings. The molecule has 1 amide bonds. The molecule has 1 aliphatic carbocycles. The van der Waals surface area contributed by atoms with Gasteiger partial charge in [0.15, 0.2) is 6.29 Å². The molecule has 3 nitrogen and oxygen atoms in total. The number of amides is 1. The summed E-state index contributed by atoms with van der Waals surface area (Å²) in [5.74, 6) is -0.574. The van der Waals surface area contributed by atoms with Crippen molar-refractivity contribution >= 4 is 18.3 Å². The topological polar surface area (TPSA) is 60.2 Å². The van der Waals surface area contributed by atoms with Crippen LogP contribution in [-0.2, 0) is 6.42 Å². The zero-order valence-corrected chi connectivity index (χ0v) is 10.6. The molecular formula is C15H17NO2. The first kappa shape index (κ1) is 13.9. The summed E-state index contributed by atoms with van der Waals surface area (Å²) < 4.78 is 0. The van der Waals surface area contributed by atoms with Gasteiger partial charge < -0.3 is 5.73 Å². The largest absolute Gasteiger partial charge is 0.366 e. The Kier molecular flexibility index (Phi) is 5.06. The third-order valence-corrected chi connectivity index (χ3v) is 2.56. The van der Waals surface area contributed by atoms with Crippen LogP contribution in [0.15, 0.2) is 30.4 Å². The average molecular weight is 243 g/mol. The molecule has 2 N–H and O–H groups in total. The van der Waals surface area contributed by atoms with Gasteiger partial charge in [0.1, 0.15) is 0 Å². The van der Waals surface area contributed by atoms with Crippen molar-refractivity contribution in [3.63, 3.8) is 0 Å². The lowest BCUT2D eigenvalue weighted by Crippen LogP contribution is -2.14. The average Bonchev–Trinajstić information content (AvgIpc) is 2.63. The number of primary amides is 1. The summed E-state index contributed by atoms with van der Waals surface area (Å²) in [7, 11) is 0. The number of carbonyl (C=O) groups is 2. The van der Waals surface area contributed by atoms with E-state index in [-0.39, 0.29) is 5.56 Å². The molecule has 0 heterocycles. The number of nitrogens with two attached hydrogens (primary N) is 1. The summed E-state index contributed by atoms with van der Waals surface area (Å²) in [4.78, 5) is 22.0. The number of carbonyl (C=O) groups excluding carboxylic acids is 2.